The number of guanidine groups is 1. The van der Waals surface area contributed by atoms with Crippen LogP contribution in [0.25, 0.3) is 0 Å². The van der Waals surface area contributed by atoms with Crippen molar-refractivity contribution in [2.24, 2.45) is 16.6 Å². The van der Waals surface area contributed by atoms with Crippen molar-refractivity contribution in [3.63, 3.8) is 0 Å². The van der Waals surface area contributed by atoms with E-state index in [1.54, 1.807) is 0 Å². The lowest BCUT2D eigenvalue weighted by molar-refractivity contribution is -0.000941. The van der Waals surface area contributed by atoms with E-state index < -0.39 is 12.5 Å². The van der Waals surface area contributed by atoms with Gasteiger partial charge in [-0.05, 0) is 5.92 Å². The third-order valence-electron chi connectivity index (χ3n) is 1.41. The summed E-state index contributed by atoms with van der Waals surface area (Å²) in [6.07, 6.45) is -4.47. The molecule has 0 aromatic rings. The number of nitrogens with two attached hydrogens (primary N) is 1. The smallest absolute Gasteiger partial charge is 0.265 e. The third-order valence-corrected chi connectivity index (χ3v) is 1.41. The zero-order chi connectivity index (χ0) is 11.1. The number of hydrogen-bond donors (Lipinski definition) is 3. The maximum atomic E-state index is 11.8. The van der Waals surface area contributed by atoms with Crippen LogP contribution in [-0.2, 0) is 0 Å². The highest BCUT2D eigenvalue weighted by Crippen LogP contribution is 1.98. The highest BCUT2D eigenvalue weighted by molar-refractivity contribution is 5.77. The van der Waals surface area contributed by atoms with Crippen molar-refractivity contribution >= 4 is 5.96 Å². The molecule has 6 heteroatoms. The van der Waals surface area contributed by atoms with Crippen molar-refractivity contribution in [2.45, 2.75) is 26.4 Å². The van der Waals surface area contributed by atoms with Gasteiger partial charge >= 0.3 is 0 Å². The predicted octanol–water partition coefficient (Wildman–Crippen LogP) is 0.173. The summed E-state index contributed by atoms with van der Waals surface area (Å²) >= 11 is 0. The fourth-order valence-corrected chi connectivity index (χ4v) is 0.635. The van der Waals surface area contributed by atoms with Gasteiger partial charge in [-0.2, -0.15) is 0 Å². The Morgan fingerprint density at radius 1 is 1.50 bits per heavy atom. The molecule has 14 heavy (non-hydrogen) atoms. The van der Waals surface area contributed by atoms with Gasteiger partial charge in [-0.3, -0.25) is 4.99 Å². The summed E-state index contributed by atoms with van der Waals surface area (Å²) in [5.74, 6) is 0.439. The summed E-state index contributed by atoms with van der Waals surface area (Å²) < 4.78 is 23.6. The van der Waals surface area contributed by atoms with E-state index >= 15 is 0 Å². The first kappa shape index (κ1) is 13.1. The van der Waals surface area contributed by atoms with Gasteiger partial charge < -0.3 is 16.2 Å². The Balaban J connectivity index is 3.72. The normalized spacial score (nSPS) is 14.9. The molecular weight excluding hydrogens is 192 g/mol. The Hall–Kier alpha value is -0.910. The van der Waals surface area contributed by atoms with E-state index in [1.165, 1.54) is 0 Å². The molecule has 0 aromatic carbocycles. The van der Waals surface area contributed by atoms with Gasteiger partial charge in [-0.1, -0.05) is 13.8 Å². The van der Waals surface area contributed by atoms with Crippen LogP contribution in [-0.4, -0.2) is 36.7 Å². The number of hydrogen-bond acceptors (Lipinski definition) is 2. The molecule has 0 aromatic heterocycles. The van der Waals surface area contributed by atoms with Crippen LogP contribution in [0.1, 0.15) is 13.8 Å². The van der Waals surface area contributed by atoms with Gasteiger partial charge in [0.2, 0.25) is 0 Å². The van der Waals surface area contributed by atoms with Gasteiger partial charge in [0.05, 0.1) is 0 Å². The first-order valence-electron chi connectivity index (χ1n) is 4.43. The lowest BCUT2D eigenvalue weighted by Gasteiger charge is -2.11. The largest absolute Gasteiger partial charge is 0.385 e. The van der Waals surface area contributed by atoms with Crippen LogP contribution in [0.3, 0.4) is 0 Å². The van der Waals surface area contributed by atoms with E-state index in [4.69, 9.17) is 10.8 Å². The first-order valence-corrected chi connectivity index (χ1v) is 4.43. The molecule has 84 valence electrons. The zero-order valence-corrected chi connectivity index (χ0v) is 8.37. The van der Waals surface area contributed by atoms with Crippen LogP contribution in [0, 0.1) is 5.92 Å². The predicted molar refractivity (Wildman–Crippen MR) is 51.3 cm³/mol. The van der Waals surface area contributed by atoms with E-state index in [0.717, 1.165) is 0 Å². The Bertz CT molecular complexity index is 185. The Morgan fingerprint density at radius 2 is 2.07 bits per heavy atom. The number of nitrogens with one attached hydrogen (secondary N) is 1. The molecule has 1 atom stereocenters. The Kier molecular flexibility index (Phi) is 6.11. The topological polar surface area (TPSA) is 70.6 Å². The van der Waals surface area contributed by atoms with E-state index in [0.29, 0.717) is 12.5 Å². The van der Waals surface area contributed by atoms with E-state index in [-0.39, 0.29) is 12.5 Å². The number of nitrogens with zero attached hydrogens (tertiary/aromatic N) is 1. The molecule has 0 amide bonds. The molecule has 0 aliphatic heterocycles. The Labute approximate surface area is 82.2 Å². The van der Waals surface area contributed by atoms with Gasteiger partial charge in [0, 0.05) is 13.1 Å². The minimum absolute atomic E-state index is 0.0819. The van der Waals surface area contributed by atoms with Crippen LogP contribution in [0.4, 0.5) is 8.78 Å². The van der Waals surface area contributed by atoms with Crippen LogP contribution in [0.2, 0.25) is 0 Å². The molecular formula is C8H17F2N3O. The summed E-state index contributed by atoms with van der Waals surface area (Å²) in [5.41, 5.74) is 5.35. The van der Waals surface area contributed by atoms with Crippen LogP contribution in [0.5, 0.6) is 0 Å². The Morgan fingerprint density at radius 3 is 2.50 bits per heavy atom. The van der Waals surface area contributed by atoms with Crippen molar-refractivity contribution < 1.29 is 13.9 Å². The van der Waals surface area contributed by atoms with Gasteiger partial charge in [0.25, 0.3) is 6.43 Å². The quantitative estimate of drug-likeness (QED) is 0.446. The summed E-state index contributed by atoms with van der Waals surface area (Å²) in [4.78, 5) is 3.88. The van der Waals surface area contributed by atoms with Crippen molar-refractivity contribution in [3.05, 3.63) is 0 Å². The van der Waals surface area contributed by atoms with Gasteiger partial charge in [0.15, 0.2) is 5.96 Å². The highest BCUT2D eigenvalue weighted by atomic mass is 19.3. The molecule has 0 rings (SSSR count). The maximum Gasteiger partial charge on any atom is 0.265 e. The lowest BCUT2D eigenvalue weighted by atomic mass is 10.2. The van der Waals surface area contributed by atoms with Crippen molar-refractivity contribution in [3.8, 4) is 0 Å². The number of aliphatic hydroxyl groups excluding tert-OH is 1. The van der Waals surface area contributed by atoms with Crippen LogP contribution >= 0.6 is 0 Å². The SMILES string of the molecule is CC(C)CN=C(N)NCC(O)C(F)F. The molecule has 0 radical (unpaired) electrons. The lowest BCUT2D eigenvalue weighted by Crippen LogP contribution is -2.40. The molecule has 0 saturated heterocycles. The average molecular weight is 209 g/mol. The van der Waals surface area contributed by atoms with Crippen molar-refractivity contribution in [1.29, 1.82) is 0 Å². The molecule has 1 unspecified atom stereocenters. The molecule has 0 fully saturated rings. The summed E-state index contributed by atoms with van der Waals surface area (Å²) in [7, 11) is 0. The van der Waals surface area contributed by atoms with Crippen LogP contribution < -0.4 is 11.1 Å². The molecule has 0 bridgehead atoms. The fourth-order valence-electron chi connectivity index (χ4n) is 0.635. The molecule has 0 aliphatic rings. The molecule has 0 aliphatic carbocycles. The van der Waals surface area contributed by atoms with Crippen molar-refractivity contribution in [2.75, 3.05) is 13.1 Å². The van der Waals surface area contributed by atoms with Gasteiger partial charge in [-0.25, -0.2) is 8.78 Å². The second-order valence-corrected chi connectivity index (χ2v) is 3.40. The van der Waals surface area contributed by atoms with E-state index in [2.05, 4.69) is 10.3 Å². The van der Waals surface area contributed by atoms with Crippen LogP contribution in [0.15, 0.2) is 4.99 Å². The summed E-state index contributed by atoms with van der Waals surface area (Å²) in [5, 5.41) is 11.1. The number of aliphatic imine (C=N–C) groups is 1. The second-order valence-electron chi connectivity index (χ2n) is 3.40. The molecule has 0 saturated carbocycles. The number of alkyl halides is 2. The standard InChI is InChI=1S/C8H17F2N3O/c1-5(2)3-12-8(11)13-4-6(14)7(9)10/h5-7,14H,3-4H2,1-2H3,(H3,11,12,13). The van der Waals surface area contributed by atoms with Gasteiger partial charge in [0.1, 0.15) is 6.10 Å². The minimum Gasteiger partial charge on any atom is -0.385 e. The highest BCUT2D eigenvalue weighted by Gasteiger charge is 2.16. The monoisotopic (exact) mass is 209 g/mol. The molecule has 4 nitrogen and oxygen atoms in total. The third kappa shape index (κ3) is 6.59. The minimum atomic E-state index is -2.76. The number of rotatable bonds is 5. The summed E-state index contributed by atoms with van der Waals surface area (Å²) in [6, 6.07) is 0. The number of halogens is 2. The van der Waals surface area contributed by atoms with Crippen molar-refractivity contribution in [1.82, 2.24) is 5.32 Å². The van der Waals surface area contributed by atoms with E-state index in [9.17, 15) is 8.78 Å². The van der Waals surface area contributed by atoms with Gasteiger partial charge in [-0.15, -0.1) is 0 Å². The first-order chi connectivity index (χ1) is 6.43. The maximum absolute atomic E-state index is 11.8. The fraction of sp³-hybridized carbons (Fsp3) is 0.875. The van der Waals surface area contributed by atoms with E-state index in [1.807, 2.05) is 13.8 Å². The number of aliphatic hydroxyl groups is 1. The average Bonchev–Trinajstić information content (AvgIpc) is 2.10. The molecule has 0 spiro atoms. The second kappa shape index (κ2) is 6.53. The summed E-state index contributed by atoms with van der Waals surface area (Å²) in [6.45, 7) is 4.17. The molecule has 4 N–H and O–H groups in total. The molecule has 0 heterocycles. The zero-order valence-electron chi connectivity index (χ0n) is 8.37.